The number of carbonyl (C=O) groups is 1. The van der Waals surface area contributed by atoms with Crippen molar-refractivity contribution in [2.24, 2.45) is 0 Å². The second-order valence-corrected chi connectivity index (χ2v) is 6.88. The number of rotatable bonds is 7. The highest BCUT2D eigenvalue weighted by atomic mass is 35.5. The lowest BCUT2D eigenvalue weighted by molar-refractivity contribution is -0.137. The number of carboxylic acid groups (broad SMARTS) is 1. The van der Waals surface area contributed by atoms with Gasteiger partial charge in [-0.15, -0.1) is 0 Å². The molecule has 0 spiro atoms. The zero-order chi connectivity index (χ0) is 15.3. The van der Waals surface area contributed by atoms with Gasteiger partial charge in [0.1, 0.15) is 4.90 Å². The van der Waals surface area contributed by atoms with E-state index < -0.39 is 16.0 Å². The standard InChI is InChI=1S/C13H18ClNO4S/c1-9(2)10-5-6-11(14)12(8-10)20(18,19)15-7-3-4-13(16)17/h5-6,8-9,15H,3-4,7H2,1-2H3,(H,16,17). The minimum Gasteiger partial charge on any atom is -0.481 e. The first-order chi connectivity index (χ1) is 9.24. The van der Waals surface area contributed by atoms with Gasteiger partial charge in [0.15, 0.2) is 0 Å². The molecule has 7 heteroatoms. The maximum Gasteiger partial charge on any atom is 0.303 e. The fourth-order valence-electron chi connectivity index (χ4n) is 1.61. The van der Waals surface area contributed by atoms with Crippen molar-refractivity contribution in [1.29, 1.82) is 0 Å². The Labute approximate surface area is 124 Å². The predicted octanol–water partition coefficient (Wildman–Crippen LogP) is 2.61. The van der Waals surface area contributed by atoms with Crippen molar-refractivity contribution in [3.63, 3.8) is 0 Å². The molecule has 0 unspecified atom stereocenters. The highest BCUT2D eigenvalue weighted by Gasteiger charge is 2.18. The Balaban J connectivity index is 2.86. The van der Waals surface area contributed by atoms with Crippen molar-refractivity contribution in [3.05, 3.63) is 28.8 Å². The third-order valence-electron chi connectivity index (χ3n) is 2.77. The molecule has 0 radical (unpaired) electrons. The lowest BCUT2D eigenvalue weighted by atomic mass is 10.0. The van der Waals surface area contributed by atoms with E-state index in [0.717, 1.165) is 5.56 Å². The molecular weight excluding hydrogens is 302 g/mol. The molecule has 0 aliphatic heterocycles. The monoisotopic (exact) mass is 319 g/mol. The Kier molecular flexibility index (Phi) is 5.98. The first kappa shape index (κ1) is 16.9. The fraction of sp³-hybridized carbons (Fsp3) is 0.462. The maximum absolute atomic E-state index is 12.1. The molecular formula is C13H18ClNO4S. The van der Waals surface area contributed by atoms with Gasteiger partial charge >= 0.3 is 5.97 Å². The van der Waals surface area contributed by atoms with Crippen LogP contribution in [0.25, 0.3) is 0 Å². The van der Waals surface area contributed by atoms with Crippen LogP contribution in [0.1, 0.15) is 38.2 Å². The first-order valence-corrected chi connectivity index (χ1v) is 8.11. The SMILES string of the molecule is CC(C)c1ccc(Cl)c(S(=O)(=O)NCCCC(=O)O)c1. The normalized spacial score (nSPS) is 11.8. The number of sulfonamides is 1. The Morgan fingerprint density at radius 2 is 2.05 bits per heavy atom. The van der Waals surface area contributed by atoms with E-state index in [9.17, 15) is 13.2 Å². The predicted molar refractivity (Wildman–Crippen MR) is 77.6 cm³/mol. The van der Waals surface area contributed by atoms with Crippen LogP contribution in [-0.4, -0.2) is 26.0 Å². The van der Waals surface area contributed by atoms with Crippen LogP contribution in [-0.2, 0) is 14.8 Å². The summed E-state index contributed by atoms with van der Waals surface area (Å²) in [5.41, 5.74) is 0.875. The van der Waals surface area contributed by atoms with Gasteiger partial charge in [-0.05, 0) is 30.0 Å². The lowest BCUT2D eigenvalue weighted by Gasteiger charge is -2.11. The number of hydrogen-bond acceptors (Lipinski definition) is 3. The molecule has 1 aromatic carbocycles. The highest BCUT2D eigenvalue weighted by Crippen LogP contribution is 2.25. The number of hydrogen-bond donors (Lipinski definition) is 2. The van der Waals surface area contributed by atoms with Gasteiger partial charge in [-0.3, -0.25) is 4.79 Å². The highest BCUT2D eigenvalue weighted by molar-refractivity contribution is 7.89. The molecule has 0 amide bonds. The van der Waals surface area contributed by atoms with Gasteiger partial charge in [-0.1, -0.05) is 31.5 Å². The minimum atomic E-state index is -3.72. The second-order valence-electron chi connectivity index (χ2n) is 4.74. The van der Waals surface area contributed by atoms with Crippen LogP contribution in [0.5, 0.6) is 0 Å². The van der Waals surface area contributed by atoms with E-state index >= 15 is 0 Å². The van der Waals surface area contributed by atoms with Gasteiger partial charge in [0.05, 0.1) is 5.02 Å². The zero-order valence-corrected chi connectivity index (χ0v) is 13.0. The Morgan fingerprint density at radius 3 is 2.60 bits per heavy atom. The van der Waals surface area contributed by atoms with Crippen molar-refractivity contribution in [2.75, 3.05) is 6.54 Å². The average Bonchev–Trinajstić information content (AvgIpc) is 2.34. The molecule has 0 bridgehead atoms. The van der Waals surface area contributed by atoms with Crippen molar-refractivity contribution in [1.82, 2.24) is 4.72 Å². The van der Waals surface area contributed by atoms with Gasteiger partial charge in [0.25, 0.3) is 0 Å². The summed E-state index contributed by atoms with van der Waals surface area (Å²) in [7, 11) is -3.72. The van der Waals surface area contributed by atoms with Crippen LogP contribution in [0.3, 0.4) is 0 Å². The molecule has 1 aromatic rings. The molecule has 0 aliphatic rings. The maximum atomic E-state index is 12.1. The number of halogens is 1. The number of nitrogens with one attached hydrogen (secondary N) is 1. The summed E-state index contributed by atoms with van der Waals surface area (Å²) in [6.07, 6.45) is 0.151. The van der Waals surface area contributed by atoms with Crippen LogP contribution in [0.15, 0.2) is 23.1 Å². The summed E-state index contributed by atoms with van der Waals surface area (Å²) in [6, 6.07) is 4.89. The largest absolute Gasteiger partial charge is 0.481 e. The summed E-state index contributed by atoms with van der Waals surface area (Å²) >= 11 is 5.94. The van der Waals surface area contributed by atoms with Crippen molar-refractivity contribution in [3.8, 4) is 0 Å². The number of aliphatic carboxylic acids is 1. The molecule has 0 saturated heterocycles. The first-order valence-electron chi connectivity index (χ1n) is 6.25. The molecule has 20 heavy (non-hydrogen) atoms. The van der Waals surface area contributed by atoms with E-state index in [0.29, 0.717) is 0 Å². The average molecular weight is 320 g/mol. The topological polar surface area (TPSA) is 83.5 Å². The van der Waals surface area contributed by atoms with Crippen molar-refractivity contribution < 1.29 is 18.3 Å². The van der Waals surface area contributed by atoms with E-state index in [1.807, 2.05) is 13.8 Å². The van der Waals surface area contributed by atoms with Crippen LogP contribution in [0, 0.1) is 0 Å². The summed E-state index contributed by atoms with van der Waals surface area (Å²) in [5, 5.41) is 8.66. The van der Waals surface area contributed by atoms with Crippen molar-refractivity contribution in [2.45, 2.75) is 37.5 Å². The van der Waals surface area contributed by atoms with Crippen molar-refractivity contribution >= 4 is 27.6 Å². The zero-order valence-electron chi connectivity index (χ0n) is 11.4. The van der Waals surface area contributed by atoms with Gasteiger partial charge < -0.3 is 5.11 Å². The van der Waals surface area contributed by atoms with Gasteiger partial charge in [0.2, 0.25) is 10.0 Å². The van der Waals surface area contributed by atoms with E-state index in [4.69, 9.17) is 16.7 Å². The lowest BCUT2D eigenvalue weighted by Crippen LogP contribution is -2.25. The third-order valence-corrected chi connectivity index (χ3v) is 4.71. The summed E-state index contributed by atoms with van der Waals surface area (Å²) < 4.78 is 26.6. The third kappa shape index (κ3) is 4.77. The van der Waals surface area contributed by atoms with E-state index in [-0.39, 0.29) is 35.2 Å². The number of benzene rings is 1. The molecule has 0 aliphatic carbocycles. The molecule has 5 nitrogen and oxygen atoms in total. The number of carboxylic acids is 1. The second kappa shape index (κ2) is 7.06. The van der Waals surface area contributed by atoms with Crippen LogP contribution in [0.4, 0.5) is 0 Å². The Morgan fingerprint density at radius 1 is 1.40 bits per heavy atom. The Bertz CT molecular complexity index is 584. The minimum absolute atomic E-state index is 0.0284. The van der Waals surface area contributed by atoms with E-state index in [1.54, 1.807) is 18.2 Å². The van der Waals surface area contributed by atoms with Crippen LogP contribution in [0.2, 0.25) is 5.02 Å². The molecule has 0 fully saturated rings. The molecule has 1 rings (SSSR count). The summed E-state index contributed by atoms with van der Waals surface area (Å²) in [5.74, 6) is -0.766. The molecule has 0 saturated carbocycles. The van der Waals surface area contributed by atoms with Crippen LogP contribution >= 0.6 is 11.6 Å². The fourth-order valence-corrected chi connectivity index (χ4v) is 3.22. The molecule has 112 valence electrons. The van der Waals surface area contributed by atoms with Gasteiger partial charge in [-0.25, -0.2) is 13.1 Å². The van der Waals surface area contributed by atoms with Crippen LogP contribution < -0.4 is 4.72 Å². The van der Waals surface area contributed by atoms with E-state index in [1.165, 1.54) is 0 Å². The van der Waals surface area contributed by atoms with Gasteiger partial charge in [0, 0.05) is 13.0 Å². The van der Waals surface area contributed by atoms with E-state index in [2.05, 4.69) is 4.72 Å². The quantitative estimate of drug-likeness (QED) is 0.757. The summed E-state index contributed by atoms with van der Waals surface area (Å²) in [4.78, 5) is 10.4. The molecule has 2 N–H and O–H groups in total. The van der Waals surface area contributed by atoms with Gasteiger partial charge in [-0.2, -0.15) is 0 Å². The molecule has 0 aromatic heterocycles. The smallest absolute Gasteiger partial charge is 0.303 e. The summed E-state index contributed by atoms with van der Waals surface area (Å²) in [6.45, 7) is 3.98. The molecule has 0 atom stereocenters. The molecule has 0 heterocycles. The Hall–Kier alpha value is -1.11.